The molecule has 1 rings (SSSR count). The van der Waals surface area contributed by atoms with Crippen LogP contribution in [-0.4, -0.2) is 33.5 Å². The molecule has 24 heavy (non-hydrogen) atoms. The molecule has 0 spiro atoms. The number of hydrogen-bond acceptors (Lipinski definition) is 3. The van der Waals surface area contributed by atoms with E-state index < -0.39 is 12.1 Å². The summed E-state index contributed by atoms with van der Waals surface area (Å²) in [5.74, 6) is 0.330. The molecule has 1 saturated carbocycles. The van der Waals surface area contributed by atoms with Crippen LogP contribution in [0.15, 0.2) is 12.2 Å². The molecule has 0 radical (unpaired) electrons. The van der Waals surface area contributed by atoms with Crippen LogP contribution in [0.25, 0.3) is 0 Å². The van der Waals surface area contributed by atoms with Crippen LogP contribution in [0.2, 0.25) is 0 Å². The van der Waals surface area contributed by atoms with Crippen LogP contribution >= 0.6 is 0 Å². The van der Waals surface area contributed by atoms with Crippen molar-refractivity contribution in [3.63, 3.8) is 0 Å². The highest BCUT2D eigenvalue weighted by Gasteiger charge is 2.24. The average Bonchev–Trinajstić information content (AvgIpc) is 2.96. The Labute approximate surface area is 147 Å². The third-order valence-corrected chi connectivity index (χ3v) is 5.17. The molecule has 140 valence electrons. The minimum absolute atomic E-state index is 0.148. The monoisotopic (exact) mass is 340 g/mol. The maximum atomic E-state index is 10.5. The van der Waals surface area contributed by atoms with Gasteiger partial charge in [-0.25, -0.2) is 0 Å². The van der Waals surface area contributed by atoms with Crippen LogP contribution in [0.5, 0.6) is 0 Å². The van der Waals surface area contributed by atoms with Gasteiger partial charge in [0.25, 0.3) is 0 Å². The minimum Gasteiger partial charge on any atom is -0.481 e. The summed E-state index contributed by atoms with van der Waals surface area (Å²) in [6.45, 7) is 2.17. The summed E-state index contributed by atoms with van der Waals surface area (Å²) in [6, 6.07) is 0. The smallest absolute Gasteiger partial charge is 0.305 e. The summed E-state index contributed by atoms with van der Waals surface area (Å²) in [4.78, 5) is 10.5. The fourth-order valence-electron chi connectivity index (χ4n) is 3.74. The lowest BCUT2D eigenvalue weighted by Crippen LogP contribution is -2.13. The number of aliphatic hydroxyl groups is 2. The Morgan fingerprint density at radius 2 is 1.88 bits per heavy atom. The fraction of sp³-hybridized carbons (Fsp3) is 0.850. The molecule has 0 heterocycles. The van der Waals surface area contributed by atoms with E-state index in [-0.39, 0.29) is 12.5 Å². The maximum absolute atomic E-state index is 10.5. The van der Waals surface area contributed by atoms with Gasteiger partial charge < -0.3 is 15.3 Å². The molecule has 0 amide bonds. The Morgan fingerprint density at radius 1 is 1.12 bits per heavy atom. The predicted molar refractivity (Wildman–Crippen MR) is 96.8 cm³/mol. The first-order valence-electron chi connectivity index (χ1n) is 9.79. The standard InChI is InChI=1S/C20H36O4/c1-2-3-4-11-18(21)14-13-17-10-7-9-16(17)8-5-6-12-19(22)15-20(23)24/h13-14,16-19,21-22H,2-12,15H2,1H3,(H,23,24)/t16-,17+,18?,19?/m0/s1. The van der Waals surface area contributed by atoms with E-state index in [9.17, 15) is 15.0 Å². The number of carboxylic acid groups (broad SMARTS) is 1. The van der Waals surface area contributed by atoms with Gasteiger partial charge in [0.2, 0.25) is 0 Å². The summed E-state index contributed by atoms with van der Waals surface area (Å²) in [5.41, 5.74) is 0. The molecule has 0 aromatic rings. The van der Waals surface area contributed by atoms with Crippen molar-refractivity contribution in [3.8, 4) is 0 Å². The largest absolute Gasteiger partial charge is 0.481 e. The Hall–Kier alpha value is -0.870. The third kappa shape index (κ3) is 9.43. The summed E-state index contributed by atoms with van der Waals surface area (Å²) in [5, 5.41) is 28.2. The van der Waals surface area contributed by atoms with Crippen molar-refractivity contribution in [2.45, 2.75) is 96.2 Å². The molecule has 2 unspecified atom stereocenters. The van der Waals surface area contributed by atoms with Crippen molar-refractivity contribution in [1.82, 2.24) is 0 Å². The van der Waals surface area contributed by atoms with E-state index in [1.54, 1.807) is 0 Å². The van der Waals surface area contributed by atoms with Crippen molar-refractivity contribution < 1.29 is 20.1 Å². The normalized spacial score (nSPS) is 23.6. The van der Waals surface area contributed by atoms with Gasteiger partial charge >= 0.3 is 5.97 Å². The molecule has 0 saturated heterocycles. The Bertz CT molecular complexity index is 367. The predicted octanol–water partition coefficient (Wildman–Crippen LogP) is 4.30. The number of unbranched alkanes of at least 4 members (excludes halogenated alkanes) is 3. The molecule has 3 N–H and O–H groups in total. The first kappa shape index (κ1) is 21.2. The lowest BCUT2D eigenvalue weighted by Gasteiger charge is -2.17. The van der Waals surface area contributed by atoms with E-state index in [0.29, 0.717) is 18.3 Å². The number of hydrogen-bond donors (Lipinski definition) is 3. The van der Waals surface area contributed by atoms with E-state index in [1.165, 1.54) is 32.1 Å². The maximum Gasteiger partial charge on any atom is 0.305 e. The minimum atomic E-state index is -0.930. The van der Waals surface area contributed by atoms with Crippen LogP contribution in [0.3, 0.4) is 0 Å². The van der Waals surface area contributed by atoms with Gasteiger partial charge in [-0.1, -0.05) is 57.6 Å². The average molecular weight is 341 g/mol. The third-order valence-electron chi connectivity index (χ3n) is 5.17. The molecule has 1 aliphatic rings. The molecule has 0 aromatic carbocycles. The van der Waals surface area contributed by atoms with Gasteiger partial charge in [0.05, 0.1) is 18.6 Å². The van der Waals surface area contributed by atoms with Gasteiger partial charge in [-0.15, -0.1) is 0 Å². The molecule has 4 nitrogen and oxygen atoms in total. The van der Waals surface area contributed by atoms with Crippen LogP contribution in [0.4, 0.5) is 0 Å². The van der Waals surface area contributed by atoms with E-state index in [0.717, 1.165) is 32.1 Å². The number of aliphatic carboxylic acids is 1. The summed E-state index contributed by atoms with van der Waals surface area (Å²) in [7, 11) is 0. The molecule has 1 aliphatic carbocycles. The van der Waals surface area contributed by atoms with E-state index in [1.807, 2.05) is 6.08 Å². The summed E-state index contributed by atoms with van der Waals surface area (Å²) >= 11 is 0. The van der Waals surface area contributed by atoms with Crippen LogP contribution in [0.1, 0.15) is 84.0 Å². The Balaban J connectivity index is 2.21. The van der Waals surface area contributed by atoms with Gasteiger partial charge in [-0.2, -0.15) is 0 Å². The molecular weight excluding hydrogens is 304 g/mol. The lowest BCUT2D eigenvalue weighted by atomic mass is 9.89. The van der Waals surface area contributed by atoms with E-state index in [4.69, 9.17) is 5.11 Å². The van der Waals surface area contributed by atoms with Crippen molar-refractivity contribution in [2.24, 2.45) is 11.8 Å². The second-order valence-electron chi connectivity index (χ2n) is 7.34. The highest BCUT2D eigenvalue weighted by molar-refractivity contribution is 5.67. The zero-order valence-electron chi connectivity index (χ0n) is 15.2. The van der Waals surface area contributed by atoms with Crippen molar-refractivity contribution >= 4 is 5.97 Å². The van der Waals surface area contributed by atoms with Crippen molar-refractivity contribution in [3.05, 3.63) is 12.2 Å². The Morgan fingerprint density at radius 3 is 2.58 bits per heavy atom. The fourth-order valence-corrected chi connectivity index (χ4v) is 3.74. The topological polar surface area (TPSA) is 77.8 Å². The van der Waals surface area contributed by atoms with Crippen LogP contribution in [-0.2, 0) is 4.79 Å². The van der Waals surface area contributed by atoms with E-state index in [2.05, 4.69) is 13.0 Å². The summed E-state index contributed by atoms with van der Waals surface area (Å²) < 4.78 is 0. The first-order valence-corrected chi connectivity index (χ1v) is 9.79. The highest BCUT2D eigenvalue weighted by Crippen LogP contribution is 2.36. The molecule has 0 aromatic heterocycles. The molecule has 1 fully saturated rings. The molecule has 0 aliphatic heterocycles. The van der Waals surface area contributed by atoms with Crippen molar-refractivity contribution in [1.29, 1.82) is 0 Å². The second kappa shape index (κ2) is 12.5. The first-order chi connectivity index (χ1) is 11.5. The number of carboxylic acids is 1. The van der Waals surface area contributed by atoms with Crippen LogP contribution in [0, 0.1) is 11.8 Å². The van der Waals surface area contributed by atoms with E-state index >= 15 is 0 Å². The second-order valence-corrected chi connectivity index (χ2v) is 7.34. The molecule has 0 bridgehead atoms. The number of rotatable bonds is 13. The number of aliphatic hydroxyl groups excluding tert-OH is 2. The zero-order valence-corrected chi connectivity index (χ0v) is 15.2. The van der Waals surface area contributed by atoms with Crippen LogP contribution < -0.4 is 0 Å². The van der Waals surface area contributed by atoms with Gasteiger partial charge in [-0.05, 0) is 43.9 Å². The number of carbonyl (C=O) groups is 1. The van der Waals surface area contributed by atoms with Gasteiger partial charge in [0.1, 0.15) is 0 Å². The zero-order chi connectivity index (χ0) is 17.8. The molecule has 4 atom stereocenters. The summed E-state index contributed by atoms with van der Waals surface area (Å²) in [6.07, 6.45) is 14.8. The SMILES string of the molecule is CCCCCC(O)C=C[C@H]1CCC[C@@H]1CCCCC(O)CC(=O)O. The molecule has 4 heteroatoms. The lowest BCUT2D eigenvalue weighted by molar-refractivity contribution is -0.139. The molecular formula is C20H36O4. The number of allylic oxidation sites excluding steroid dienone is 1. The Kier molecular flexibility index (Phi) is 11.0. The van der Waals surface area contributed by atoms with Crippen molar-refractivity contribution in [2.75, 3.05) is 0 Å². The van der Waals surface area contributed by atoms with Gasteiger partial charge in [0, 0.05) is 0 Å². The highest BCUT2D eigenvalue weighted by atomic mass is 16.4. The van der Waals surface area contributed by atoms with Gasteiger partial charge in [-0.3, -0.25) is 4.79 Å². The van der Waals surface area contributed by atoms with Gasteiger partial charge in [0.15, 0.2) is 0 Å². The quantitative estimate of drug-likeness (QED) is 0.345.